The summed E-state index contributed by atoms with van der Waals surface area (Å²) >= 11 is 0. The van der Waals surface area contributed by atoms with E-state index in [1.54, 1.807) is 0 Å². The van der Waals surface area contributed by atoms with Crippen LogP contribution in [0.2, 0.25) is 0 Å². The van der Waals surface area contributed by atoms with Crippen LogP contribution in [0, 0.1) is 5.92 Å². The predicted molar refractivity (Wildman–Crippen MR) is 202 cm³/mol. The predicted octanol–water partition coefficient (Wildman–Crippen LogP) is -0.539. The van der Waals surface area contributed by atoms with Gasteiger partial charge in [-0.25, -0.2) is 28.6 Å². The molecule has 26 nitrogen and oxygen atoms in total. The van der Waals surface area contributed by atoms with Crippen LogP contribution in [0.3, 0.4) is 0 Å². The lowest BCUT2D eigenvalue weighted by Crippen LogP contribution is -2.37. The second-order valence-corrected chi connectivity index (χ2v) is 17.8. The molecule has 2 saturated heterocycles. The van der Waals surface area contributed by atoms with E-state index in [1.807, 2.05) is 11.0 Å². The lowest BCUT2D eigenvalue weighted by Gasteiger charge is -2.26. The lowest BCUT2D eigenvalue weighted by atomic mass is 10.1. The molecule has 0 spiro atoms. The molecule has 59 heavy (non-hydrogen) atoms. The van der Waals surface area contributed by atoms with E-state index in [4.69, 9.17) is 58.3 Å². The first-order valence-electron chi connectivity index (χ1n) is 18.1. The van der Waals surface area contributed by atoms with Crippen molar-refractivity contribution in [3.05, 3.63) is 40.3 Å². The smallest absolute Gasteiger partial charge is 0.396 e. The van der Waals surface area contributed by atoms with Crippen molar-refractivity contribution in [1.29, 1.82) is 0 Å². The SMILES string of the molecule is CO[C@H]1C(OP(=O)(O)OCCCO)[C@@H](COP(=O)(O)OC2CN(CC3=CCc4c(N)ncnc43)C[C@@H]2COP(=O)(O)OCCCO)O[C@H]1n1cnc2c(=O)[nH]c(N)nc21. The molecule has 0 saturated carbocycles. The number of H-pyrrole nitrogens is 1. The topological polar surface area (TPSA) is 371 Å². The Morgan fingerprint density at radius 2 is 1.61 bits per heavy atom. The van der Waals surface area contributed by atoms with Gasteiger partial charge in [0.05, 0.1) is 44.6 Å². The Kier molecular flexibility index (Phi) is 14.9. The van der Waals surface area contributed by atoms with Crippen LogP contribution in [0.4, 0.5) is 11.8 Å². The van der Waals surface area contributed by atoms with Crippen LogP contribution in [0.15, 0.2) is 23.5 Å². The Morgan fingerprint density at radius 3 is 2.32 bits per heavy atom. The number of aromatic amines is 1. The number of nitrogens with two attached hydrogens (primary N) is 2. The van der Waals surface area contributed by atoms with Crippen molar-refractivity contribution in [2.45, 2.75) is 49.9 Å². The molecule has 3 aliphatic rings. The Bertz CT molecular complexity index is 2180. The van der Waals surface area contributed by atoms with Gasteiger partial charge in [0.2, 0.25) is 5.95 Å². The van der Waals surface area contributed by atoms with Gasteiger partial charge in [0.25, 0.3) is 5.56 Å². The number of ether oxygens (including phenoxy) is 2. The number of aromatic nitrogens is 6. The van der Waals surface area contributed by atoms with Crippen molar-refractivity contribution in [2.24, 2.45) is 5.92 Å². The summed E-state index contributed by atoms with van der Waals surface area (Å²) in [6, 6.07) is 0. The summed E-state index contributed by atoms with van der Waals surface area (Å²) < 4.78 is 83.8. The highest BCUT2D eigenvalue weighted by Crippen LogP contribution is 2.52. The fraction of sp³-hybridized carbons (Fsp3) is 0.633. The molecule has 0 aromatic carbocycles. The van der Waals surface area contributed by atoms with Crippen molar-refractivity contribution in [2.75, 3.05) is 77.9 Å². The molecule has 3 aromatic rings. The molecular formula is C30H46N9O17P3. The maximum Gasteiger partial charge on any atom is 0.472 e. The molecule has 5 heterocycles. The average molecular weight is 898 g/mol. The van der Waals surface area contributed by atoms with Gasteiger partial charge in [-0.15, -0.1) is 0 Å². The van der Waals surface area contributed by atoms with E-state index < -0.39 is 78.8 Å². The van der Waals surface area contributed by atoms with Gasteiger partial charge in [-0.1, -0.05) is 6.08 Å². The first-order valence-corrected chi connectivity index (χ1v) is 22.6. The molecule has 3 aromatic heterocycles. The van der Waals surface area contributed by atoms with Gasteiger partial charge < -0.3 is 45.8 Å². The largest absolute Gasteiger partial charge is 0.472 e. The summed E-state index contributed by atoms with van der Waals surface area (Å²) in [5, 5.41) is 18.1. The summed E-state index contributed by atoms with van der Waals surface area (Å²) in [6.45, 7) is -2.10. The highest BCUT2D eigenvalue weighted by Gasteiger charge is 2.52. The van der Waals surface area contributed by atoms with Crippen LogP contribution >= 0.6 is 23.5 Å². The van der Waals surface area contributed by atoms with Crippen LogP contribution in [0.5, 0.6) is 0 Å². The fourth-order valence-electron chi connectivity index (χ4n) is 6.79. The molecular weight excluding hydrogens is 851 g/mol. The van der Waals surface area contributed by atoms with Gasteiger partial charge >= 0.3 is 23.5 Å². The number of hydrogen-bond donors (Lipinski definition) is 8. The number of likely N-dealkylation sites (tertiary alicyclic amines) is 1. The van der Waals surface area contributed by atoms with Crippen molar-refractivity contribution >= 4 is 52.0 Å². The molecule has 6 rings (SSSR count). The highest BCUT2D eigenvalue weighted by atomic mass is 31.2. The van der Waals surface area contributed by atoms with Crippen molar-refractivity contribution in [1.82, 2.24) is 34.4 Å². The number of allylic oxidation sites excluding steroid dienone is 1. The quantitative estimate of drug-likeness (QED) is 0.0464. The average Bonchev–Trinajstić information content (AvgIpc) is 3.95. The monoisotopic (exact) mass is 897 g/mol. The van der Waals surface area contributed by atoms with Crippen molar-refractivity contribution < 1.29 is 75.2 Å². The minimum absolute atomic E-state index is 0.00321. The Labute approximate surface area is 335 Å². The van der Waals surface area contributed by atoms with Crippen LogP contribution in [-0.2, 0) is 56.7 Å². The van der Waals surface area contributed by atoms with Gasteiger partial charge in [0.1, 0.15) is 30.5 Å². The number of nitrogens with zero attached hydrogens (tertiary/aromatic N) is 6. The van der Waals surface area contributed by atoms with E-state index in [0.29, 0.717) is 17.9 Å². The molecule has 5 unspecified atom stereocenters. The molecule has 2 fully saturated rings. The fourth-order valence-corrected chi connectivity index (χ4v) is 9.56. The molecule has 328 valence electrons. The minimum atomic E-state index is -5.08. The summed E-state index contributed by atoms with van der Waals surface area (Å²) in [5.41, 5.74) is 13.1. The van der Waals surface area contributed by atoms with E-state index in [-0.39, 0.29) is 76.0 Å². The van der Waals surface area contributed by atoms with Crippen molar-refractivity contribution in [3.8, 4) is 0 Å². The van der Waals surface area contributed by atoms with Crippen LogP contribution < -0.4 is 17.0 Å². The van der Waals surface area contributed by atoms with E-state index in [0.717, 1.165) is 11.1 Å². The lowest BCUT2D eigenvalue weighted by molar-refractivity contribution is -0.0594. The van der Waals surface area contributed by atoms with Gasteiger partial charge in [-0.05, 0) is 24.8 Å². The summed E-state index contributed by atoms with van der Waals surface area (Å²) in [4.78, 5) is 65.1. The second-order valence-electron chi connectivity index (χ2n) is 13.5. The van der Waals surface area contributed by atoms with Gasteiger partial charge in [-0.3, -0.25) is 46.4 Å². The molecule has 29 heteroatoms. The Hall–Kier alpha value is -3.10. The summed E-state index contributed by atoms with van der Waals surface area (Å²) in [7, 11) is -13.4. The number of aliphatic hydroxyl groups excluding tert-OH is 2. The zero-order valence-corrected chi connectivity index (χ0v) is 34.2. The first-order chi connectivity index (χ1) is 28.0. The number of phosphoric acid groups is 3. The van der Waals surface area contributed by atoms with Crippen molar-refractivity contribution in [3.63, 3.8) is 0 Å². The molecule has 10 N–H and O–H groups in total. The zero-order chi connectivity index (χ0) is 42.5. The number of rotatable bonds is 22. The summed E-state index contributed by atoms with van der Waals surface area (Å²) in [6.07, 6.45) is -1.75. The highest BCUT2D eigenvalue weighted by molar-refractivity contribution is 7.48. The molecule has 0 amide bonds. The third-order valence-electron chi connectivity index (χ3n) is 9.46. The summed E-state index contributed by atoms with van der Waals surface area (Å²) in [5.74, 6) is -0.720. The number of hydrogen-bond acceptors (Lipinski definition) is 21. The maximum atomic E-state index is 13.7. The normalized spacial score (nSPS) is 26.4. The molecule has 9 atom stereocenters. The number of fused-ring (bicyclic) bond motifs is 2. The van der Waals surface area contributed by atoms with Gasteiger partial charge in [-0.2, -0.15) is 4.98 Å². The third-order valence-corrected chi connectivity index (χ3v) is 12.5. The molecule has 2 aliphatic heterocycles. The number of methoxy groups -OCH3 is 1. The van der Waals surface area contributed by atoms with E-state index in [1.165, 1.54) is 24.3 Å². The Morgan fingerprint density at radius 1 is 0.915 bits per heavy atom. The number of nitrogens with one attached hydrogen (secondary N) is 1. The zero-order valence-electron chi connectivity index (χ0n) is 31.5. The van der Waals surface area contributed by atoms with Crippen LogP contribution in [0.25, 0.3) is 16.7 Å². The maximum absolute atomic E-state index is 13.7. The Balaban J connectivity index is 1.20. The number of nitrogen functional groups attached to an aromatic ring is 2. The van der Waals surface area contributed by atoms with Crippen LogP contribution in [0.1, 0.15) is 30.3 Å². The third kappa shape index (κ3) is 11.2. The minimum Gasteiger partial charge on any atom is -0.396 e. The van der Waals surface area contributed by atoms with E-state index in [2.05, 4.69) is 24.9 Å². The number of aliphatic hydroxyl groups is 2. The number of phosphoric ester groups is 3. The standard InChI is InChI=1S/C30H46N9O17P3/c1-49-25-24(56-58(45,46)51-9-3-7-41)21(54-29(25)39-16-35-23-27(39)36-30(32)37-28(23)42)14-53-59(47,48)55-20-12-38(10-17-4-5-19-22(17)33-15-34-26(19)31)11-18(20)13-52-57(43,44)50-8-2-6-40/h4,15-16,18,20-21,24-25,29,40-41H,2-3,5-14H2,1H3,(H,43,44)(H,45,46)(H,47,48)(H2,31,33,34)(H3,32,36,37,42)/t18-,20?,21-,24?,25+,29-/m1/s1. The molecule has 1 aliphatic carbocycles. The first kappa shape index (κ1) is 45.4. The number of imidazole rings is 1. The molecule has 0 bridgehead atoms. The van der Waals surface area contributed by atoms with Crippen LogP contribution in [-0.4, -0.2) is 150 Å². The van der Waals surface area contributed by atoms with Gasteiger partial charge in [0.15, 0.2) is 17.4 Å². The van der Waals surface area contributed by atoms with E-state index >= 15 is 0 Å². The second kappa shape index (κ2) is 19.3. The van der Waals surface area contributed by atoms with Gasteiger partial charge in [0, 0.05) is 51.4 Å². The molecule has 0 radical (unpaired) electrons. The number of anilines is 2. The van der Waals surface area contributed by atoms with E-state index in [9.17, 15) is 33.2 Å².